The molecule has 0 atom stereocenters. The number of fused-ring (bicyclic) bond motifs is 2. The van der Waals surface area contributed by atoms with Crippen molar-refractivity contribution in [2.45, 2.75) is 19.6 Å². The minimum Gasteiger partial charge on any atom is -0.370 e. The second-order valence-corrected chi connectivity index (χ2v) is 13.8. The van der Waals surface area contributed by atoms with E-state index < -0.39 is 49.9 Å². The van der Waals surface area contributed by atoms with Crippen molar-refractivity contribution in [3.8, 4) is 0 Å². The lowest BCUT2D eigenvalue weighted by Gasteiger charge is -2.20. The number of hydrogen-bond donors (Lipinski definition) is 5. The van der Waals surface area contributed by atoms with Crippen LogP contribution >= 0.6 is 23.2 Å². The van der Waals surface area contributed by atoms with Gasteiger partial charge in [0.25, 0.3) is 10.0 Å². The quantitative estimate of drug-likeness (QED) is 0.304. The molecule has 0 aliphatic carbocycles. The van der Waals surface area contributed by atoms with Crippen molar-refractivity contribution in [1.82, 2.24) is 9.44 Å². The largest absolute Gasteiger partial charge is 0.370 e. The third kappa shape index (κ3) is 5.44. The van der Waals surface area contributed by atoms with Crippen molar-refractivity contribution in [2.24, 2.45) is 15.3 Å². The summed E-state index contributed by atoms with van der Waals surface area (Å²) in [5.74, 6) is 0. The number of nitrogens with zero attached hydrogens (tertiary/aromatic N) is 1. The van der Waals surface area contributed by atoms with Crippen LogP contribution in [0.15, 0.2) is 48.8 Å². The molecule has 0 unspecified atom stereocenters. The standard InChI is InChI=1S/C7H8ClN3O4S2.C7H6ClN3O4S2/c2*8-4-1-5-7(2-6(4)16(9,12)13)17(14,15)11-3-10-5/h1-2,10-11H,3H2,(H2,9,12,13);1-3H,(H,10,11)(H2,9,12,13). The van der Waals surface area contributed by atoms with E-state index in [1.54, 1.807) is 0 Å². The molecular weight excluding hydrogens is 579 g/mol. The number of rotatable bonds is 2. The molecule has 20 heteroatoms. The van der Waals surface area contributed by atoms with Crippen molar-refractivity contribution >= 4 is 81.0 Å². The smallest absolute Gasteiger partial charge is 0.264 e. The van der Waals surface area contributed by atoms with E-state index in [9.17, 15) is 33.7 Å². The Labute approximate surface area is 204 Å². The van der Waals surface area contributed by atoms with Gasteiger partial charge < -0.3 is 5.32 Å². The van der Waals surface area contributed by atoms with Crippen LogP contribution in [-0.2, 0) is 40.1 Å². The lowest BCUT2D eigenvalue weighted by molar-refractivity contribution is 0.580. The summed E-state index contributed by atoms with van der Waals surface area (Å²) in [5.41, 5.74) is 0.294. The van der Waals surface area contributed by atoms with Gasteiger partial charge in [-0.2, -0.15) is 4.72 Å². The summed E-state index contributed by atoms with van der Waals surface area (Å²) in [4.78, 5) is 2.37. The lowest BCUT2D eigenvalue weighted by Crippen LogP contribution is -2.34. The maximum Gasteiger partial charge on any atom is 0.264 e. The van der Waals surface area contributed by atoms with Crippen LogP contribution in [0.2, 0.25) is 10.0 Å². The van der Waals surface area contributed by atoms with Gasteiger partial charge in [-0.25, -0.2) is 48.9 Å². The van der Waals surface area contributed by atoms with E-state index in [0.29, 0.717) is 0 Å². The second-order valence-electron chi connectivity index (χ2n) is 6.50. The highest BCUT2D eigenvalue weighted by Gasteiger charge is 2.27. The molecule has 0 saturated carbocycles. The van der Waals surface area contributed by atoms with E-state index in [0.717, 1.165) is 24.5 Å². The van der Waals surface area contributed by atoms with Crippen molar-refractivity contribution in [3.05, 3.63) is 34.3 Å². The SMILES string of the molecule is NS(=O)(=O)c1cc2c(cc1Cl)N=CNS2(=O)=O.NS(=O)(=O)c1cc2c(cc1Cl)NCNS2(=O)=O. The number of halogens is 2. The fraction of sp³-hybridized carbons (Fsp3) is 0.0714. The zero-order valence-corrected chi connectivity index (χ0v) is 21.1. The summed E-state index contributed by atoms with van der Waals surface area (Å²) in [6, 6.07) is 4.16. The molecule has 2 aromatic carbocycles. The normalized spacial score (nSPS) is 17.8. The second kappa shape index (κ2) is 8.88. The molecule has 4 rings (SSSR count). The van der Waals surface area contributed by atoms with Gasteiger partial charge in [-0.05, 0) is 24.3 Å². The third-order valence-corrected chi connectivity index (χ3v) is 9.71. The summed E-state index contributed by atoms with van der Waals surface area (Å²) in [5, 5.41) is 12.3. The van der Waals surface area contributed by atoms with E-state index in [4.69, 9.17) is 33.5 Å². The molecule has 34 heavy (non-hydrogen) atoms. The molecule has 0 spiro atoms. The molecule has 0 fully saturated rings. The highest BCUT2D eigenvalue weighted by atomic mass is 35.5. The van der Waals surface area contributed by atoms with Crippen LogP contribution in [0.25, 0.3) is 0 Å². The number of sulfonamides is 4. The monoisotopic (exact) mass is 592 g/mol. The number of nitrogens with two attached hydrogens (primary N) is 2. The predicted molar refractivity (Wildman–Crippen MR) is 123 cm³/mol. The van der Waals surface area contributed by atoms with Gasteiger partial charge >= 0.3 is 0 Å². The van der Waals surface area contributed by atoms with Crippen LogP contribution in [0.1, 0.15) is 0 Å². The van der Waals surface area contributed by atoms with Gasteiger partial charge in [0, 0.05) is 0 Å². The Morgan fingerprint density at radius 2 is 1.35 bits per heavy atom. The Bertz CT molecular complexity index is 1660. The maximum atomic E-state index is 11.6. The molecule has 0 bridgehead atoms. The van der Waals surface area contributed by atoms with E-state index in [1.807, 2.05) is 4.72 Å². The molecule has 0 saturated heterocycles. The Balaban J connectivity index is 0.000000191. The van der Waals surface area contributed by atoms with Crippen molar-refractivity contribution in [2.75, 3.05) is 12.0 Å². The summed E-state index contributed by atoms with van der Waals surface area (Å²) in [6.07, 6.45) is 0.977. The highest BCUT2D eigenvalue weighted by Crippen LogP contribution is 2.34. The number of benzene rings is 2. The van der Waals surface area contributed by atoms with Crippen LogP contribution in [0.3, 0.4) is 0 Å². The summed E-state index contributed by atoms with van der Waals surface area (Å²) >= 11 is 11.4. The van der Waals surface area contributed by atoms with Crippen molar-refractivity contribution < 1.29 is 33.7 Å². The Morgan fingerprint density at radius 3 is 1.91 bits per heavy atom. The minimum absolute atomic E-state index is 0.0143. The molecule has 186 valence electrons. The van der Waals surface area contributed by atoms with E-state index in [1.165, 1.54) is 6.07 Å². The van der Waals surface area contributed by atoms with Gasteiger partial charge in [0.2, 0.25) is 30.1 Å². The first-order valence-corrected chi connectivity index (χ1v) is 15.3. The fourth-order valence-corrected chi connectivity index (χ4v) is 7.14. The van der Waals surface area contributed by atoms with Crippen LogP contribution in [0, 0.1) is 0 Å². The molecule has 0 radical (unpaired) electrons. The molecule has 2 aliphatic rings. The van der Waals surface area contributed by atoms with E-state index in [2.05, 4.69) is 15.0 Å². The zero-order chi connectivity index (χ0) is 25.7. The zero-order valence-electron chi connectivity index (χ0n) is 16.4. The topological polar surface area (TPSA) is 237 Å². The Hall–Kier alpha value is -2.03. The van der Waals surface area contributed by atoms with Crippen molar-refractivity contribution in [1.29, 1.82) is 0 Å². The third-order valence-electron chi connectivity index (χ3n) is 4.19. The van der Waals surface area contributed by atoms with Gasteiger partial charge in [0.1, 0.15) is 25.9 Å². The summed E-state index contributed by atoms with van der Waals surface area (Å²) in [7, 11) is -15.7. The van der Waals surface area contributed by atoms with Gasteiger partial charge in [-0.1, -0.05) is 23.2 Å². The number of hydrogen-bond acceptors (Lipinski definition) is 10. The molecular formula is C14H14Cl2N6O8S4. The molecule has 2 heterocycles. The molecule has 7 N–H and O–H groups in total. The maximum absolute atomic E-state index is 11.6. The number of primary sulfonamides is 2. The first-order chi connectivity index (χ1) is 15.4. The molecule has 0 amide bonds. The fourth-order valence-electron chi connectivity index (χ4n) is 2.70. The lowest BCUT2D eigenvalue weighted by atomic mass is 10.3. The molecule has 2 aromatic rings. The van der Waals surface area contributed by atoms with Gasteiger partial charge in [-0.15, -0.1) is 0 Å². The van der Waals surface area contributed by atoms with Gasteiger partial charge in [0.05, 0.1) is 28.1 Å². The van der Waals surface area contributed by atoms with E-state index in [-0.39, 0.29) is 37.9 Å². The first kappa shape index (κ1) is 26.6. The van der Waals surface area contributed by atoms with E-state index >= 15 is 0 Å². The predicted octanol–water partition coefficient (Wildman–Crippen LogP) is -0.412. The molecule has 14 nitrogen and oxygen atoms in total. The van der Waals surface area contributed by atoms with Crippen LogP contribution < -0.4 is 25.0 Å². The van der Waals surface area contributed by atoms with Crippen LogP contribution in [0.5, 0.6) is 0 Å². The van der Waals surface area contributed by atoms with Crippen molar-refractivity contribution in [3.63, 3.8) is 0 Å². The number of nitrogens with one attached hydrogen (secondary N) is 3. The average Bonchev–Trinajstić information content (AvgIpc) is 2.65. The minimum atomic E-state index is -4.09. The van der Waals surface area contributed by atoms with Gasteiger partial charge in [0.15, 0.2) is 0 Å². The Morgan fingerprint density at radius 1 is 0.824 bits per heavy atom. The van der Waals surface area contributed by atoms with Crippen LogP contribution in [-0.4, -0.2) is 46.7 Å². The average molecular weight is 593 g/mol. The number of aliphatic imine (C=N–C) groups is 1. The van der Waals surface area contributed by atoms with Crippen LogP contribution in [0.4, 0.5) is 11.4 Å². The highest BCUT2D eigenvalue weighted by molar-refractivity contribution is 7.91. The molecule has 2 aliphatic heterocycles. The van der Waals surface area contributed by atoms with Gasteiger partial charge in [-0.3, -0.25) is 4.72 Å². The molecule has 0 aromatic heterocycles. The summed E-state index contributed by atoms with van der Waals surface area (Å²) in [6.45, 7) is 0.0143. The Kier molecular flexibility index (Phi) is 6.94. The number of anilines is 1. The first-order valence-electron chi connectivity index (χ1n) is 8.44. The summed E-state index contributed by atoms with van der Waals surface area (Å²) < 4.78 is 95.4.